The van der Waals surface area contributed by atoms with Crippen molar-refractivity contribution in [1.29, 1.82) is 0 Å². The Labute approximate surface area is 189 Å². The summed E-state index contributed by atoms with van der Waals surface area (Å²) in [6, 6.07) is 9.96. The lowest BCUT2D eigenvalue weighted by Crippen LogP contribution is -2.42. The standard InChI is InChI=1S/C22H23ClN4O5/c23-18-12-15(27(31)32)10-11-16(18)22(30)26-19-9-5-4-8-17(19)21(29)24-13-20(28)25-14-6-2-1-3-7-14/h4-5,8-12,14H,1-3,6-7,13H2,(H,24,29)(H,25,28)(H,26,30). The van der Waals surface area contributed by atoms with E-state index in [1.54, 1.807) is 12.1 Å². The van der Waals surface area contributed by atoms with Gasteiger partial charge in [-0.1, -0.05) is 43.0 Å². The molecule has 1 aliphatic rings. The molecule has 32 heavy (non-hydrogen) atoms. The van der Waals surface area contributed by atoms with Crippen LogP contribution >= 0.6 is 11.6 Å². The van der Waals surface area contributed by atoms with E-state index in [0.717, 1.165) is 31.7 Å². The molecule has 168 valence electrons. The van der Waals surface area contributed by atoms with Gasteiger partial charge in [-0.25, -0.2) is 0 Å². The predicted octanol–water partition coefficient (Wildman–Crippen LogP) is 3.68. The molecule has 0 bridgehead atoms. The van der Waals surface area contributed by atoms with Crippen LogP contribution in [0.5, 0.6) is 0 Å². The van der Waals surface area contributed by atoms with Crippen LogP contribution in [0.2, 0.25) is 5.02 Å². The van der Waals surface area contributed by atoms with Crippen molar-refractivity contribution in [3.8, 4) is 0 Å². The van der Waals surface area contributed by atoms with Crippen LogP contribution in [0, 0.1) is 10.1 Å². The predicted molar refractivity (Wildman–Crippen MR) is 120 cm³/mol. The first-order valence-electron chi connectivity index (χ1n) is 10.3. The zero-order valence-corrected chi connectivity index (χ0v) is 18.0. The van der Waals surface area contributed by atoms with Gasteiger partial charge in [-0.15, -0.1) is 0 Å². The van der Waals surface area contributed by atoms with Gasteiger partial charge in [0.15, 0.2) is 0 Å². The van der Waals surface area contributed by atoms with Crippen LogP contribution in [0.3, 0.4) is 0 Å². The highest BCUT2D eigenvalue weighted by Crippen LogP contribution is 2.24. The summed E-state index contributed by atoms with van der Waals surface area (Å²) in [7, 11) is 0. The lowest BCUT2D eigenvalue weighted by Gasteiger charge is -2.22. The number of carbonyl (C=O) groups excluding carboxylic acids is 3. The fourth-order valence-electron chi connectivity index (χ4n) is 3.56. The van der Waals surface area contributed by atoms with E-state index in [2.05, 4.69) is 16.0 Å². The maximum Gasteiger partial charge on any atom is 0.270 e. The first-order valence-corrected chi connectivity index (χ1v) is 10.6. The lowest BCUT2D eigenvalue weighted by atomic mass is 9.95. The molecule has 0 spiro atoms. The number of anilines is 1. The second-order valence-electron chi connectivity index (χ2n) is 7.51. The summed E-state index contributed by atoms with van der Waals surface area (Å²) in [5, 5.41) is 18.8. The van der Waals surface area contributed by atoms with Crippen LogP contribution in [0.4, 0.5) is 11.4 Å². The molecule has 1 aliphatic carbocycles. The van der Waals surface area contributed by atoms with Crippen molar-refractivity contribution in [2.24, 2.45) is 0 Å². The van der Waals surface area contributed by atoms with E-state index in [1.807, 2.05) is 0 Å². The molecule has 2 aromatic carbocycles. The number of nitrogens with zero attached hydrogens (tertiary/aromatic N) is 1. The number of hydrogen-bond donors (Lipinski definition) is 3. The minimum atomic E-state index is -0.625. The van der Waals surface area contributed by atoms with Gasteiger partial charge >= 0.3 is 0 Å². The quantitative estimate of drug-likeness (QED) is 0.430. The lowest BCUT2D eigenvalue weighted by molar-refractivity contribution is -0.384. The summed E-state index contributed by atoms with van der Waals surface area (Å²) in [4.78, 5) is 47.6. The molecule has 0 radical (unpaired) electrons. The maximum absolute atomic E-state index is 12.6. The molecule has 0 heterocycles. The normalized spacial score (nSPS) is 13.8. The Morgan fingerprint density at radius 2 is 1.72 bits per heavy atom. The average molecular weight is 459 g/mol. The van der Waals surface area contributed by atoms with E-state index in [4.69, 9.17) is 11.6 Å². The smallest absolute Gasteiger partial charge is 0.270 e. The summed E-state index contributed by atoms with van der Waals surface area (Å²) >= 11 is 6.01. The molecule has 3 N–H and O–H groups in total. The summed E-state index contributed by atoms with van der Waals surface area (Å²) in [6.07, 6.45) is 5.24. The minimum Gasteiger partial charge on any atom is -0.352 e. The number of halogens is 1. The zero-order chi connectivity index (χ0) is 23.1. The number of benzene rings is 2. The van der Waals surface area contributed by atoms with Gasteiger partial charge in [0, 0.05) is 18.2 Å². The van der Waals surface area contributed by atoms with E-state index in [1.165, 1.54) is 30.7 Å². The van der Waals surface area contributed by atoms with Gasteiger partial charge in [-0.2, -0.15) is 0 Å². The van der Waals surface area contributed by atoms with E-state index in [0.29, 0.717) is 0 Å². The van der Waals surface area contributed by atoms with Gasteiger partial charge in [-0.3, -0.25) is 24.5 Å². The van der Waals surface area contributed by atoms with Crippen molar-refractivity contribution in [3.63, 3.8) is 0 Å². The largest absolute Gasteiger partial charge is 0.352 e. The number of para-hydroxylation sites is 1. The van der Waals surface area contributed by atoms with Gasteiger partial charge in [0.05, 0.1) is 33.3 Å². The Hall–Kier alpha value is -3.46. The molecule has 1 fully saturated rings. The van der Waals surface area contributed by atoms with E-state index in [-0.39, 0.29) is 46.0 Å². The molecule has 0 unspecified atom stereocenters. The van der Waals surface area contributed by atoms with Crippen LogP contribution in [-0.2, 0) is 4.79 Å². The fourth-order valence-corrected chi connectivity index (χ4v) is 3.82. The third-order valence-electron chi connectivity index (χ3n) is 5.21. The molecular weight excluding hydrogens is 436 g/mol. The molecule has 3 amide bonds. The highest BCUT2D eigenvalue weighted by atomic mass is 35.5. The molecule has 2 aromatic rings. The third kappa shape index (κ3) is 6.04. The average Bonchev–Trinajstić information content (AvgIpc) is 2.78. The number of hydrogen-bond acceptors (Lipinski definition) is 5. The molecule has 0 atom stereocenters. The van der Waals surface area contributed by atoms with E-state index < -0.39 is 16.7 Å². The summed E-state index contributed by atoms with van der Waals surface area (Å²) < 4.78 is 0. The van der Waals surface area contributed by atoms with Gasteiger partial charge in [-0.05, 0) is 31.0 Å². The molecule has 9 nitrogen and oxygen atoms in total. The Morgan fingerprint density at radius 1 is 1.00 bits per heavy atom. The number of carbonyl (C=O) groups is 3. The van der Waals surface area contributed by atoms with E-state index in [9.17, 15) is 24.5 Å². The van der Waals surface area contributed by atoms with Crippen molar-refractivity contribution in [3.05, 3.63) is 68.7 Å². The summed E-state index contributed by atoms with van der Waals surface area (Å²) in [5.74, 6) is -1.40. The topological polar surface area (TPSA) is 130 Å². The van der Waals surface area contributed by atoms with Crippen molar-refractivity contribution in [2.45, 2.75) is 38.1 Å². The van der Waals surface area contributed by atoms with Crippen LogP contribution in [-0.4, -0.2) is 35.2 Å². The summed E-state index contributed by atoms with van der Waals surface area (Å²) in [6.45, 7) is -0.175. The molecule has 0 aromatic heterocycles. The molecule has 1 saturated carbocycles. The van der Waals surface area contributed by atoms with Gasteiger partial charge < -0.3 is 16.0 Å². The number of non-ortho nitro benzene ring substituents is 1. The van der Waals surface area contributed by atoms with Gasteiger partial charge in [0.2, 0.25) is 5.91 Å². The second-order valence-corrected chi connectivity index (χ2v) is 7.91. The number of nitrogens with one attached hydrogen (secondary N) is 3. The highest BCUT2D eigenvalue weighted by Gasteiger charge is 2.19. The fraction of sp³-hybridized carbons (Fsp3) is 0.318. The molecule has 0 saturated heterocycles. The number of nitro groups is 1. The van der Waals surface area contributed by atoms with Crippen molar-refractivity contribution < 1.29 is 19.3 Å². The zero-order valence-electron chi connectivity index (χ0n) is 17.2. The third-order valence-corrected chi connectivity index (χ3v) is 5.52. The highest BCUT2D eigenvalue weighted by molar-refractivity contribution is 6.34. The van der Waals surface area contributed by atoms with Crippen LogP contribution < -0.4 is 16.0 Å². The molecule has 0 aliphatic heterocycles. The first kappa shape index (κ1) is 23.2. The minimum absolute atomic E-state index is 0.0272. The molecular formula is C22H23ClN4O5. The Balaban J connectivity index is 1.63. The Bertz CT molecular complexity index is 1040. The second kappa shape index (κ2) is 10.7. The number of amides is 3. The van der Waals surface area contributed by atoms with Crippen LogP contribution in [0.15, 0.2) is 42.5 Å². The SMILES string of the molecule is O=C(CNC(=O)c1ccccc1NC(=O)c1ccc([N+](=O)[O-])cc1Cl)NC1CCCCC1. The number of rotatable bonds is 7. The molecule has 3 rings (SSSR count). The van der Waals surface area contributed by atoms with Crippen LogP contribution in [0.1, 0.15) is 52.8 Å². The van der Waals surface area contributed by atoms with Gasteiger partial charge in [0.25, 0.3) is 17.5 Å². The number of nitro benzene ring substituents is 1. The first-order chi connectivity index (χ1) is 15.3. The van der Waals surface area contributed by atoms with Crippen LogP contribution in [0.25, 0.3) is 0 Å². The monoisotopic (exact) mass is 458 g/mol. The van der Waals surface area contributed by atoms with Gasteiger partial charge in [0.1, 0.15) is 0 Å². The van der Waals surface area contributed by atoms with E-state index >= 15 is 0 Å². The molecule has 10 heteroatoms. The Kier molecular flexibility index (Phi) is 7.77. The Morgan fingerprint density at radius 3 is 2.41 bits per heavy atom. The van der Waals surface area contributed by atoms with Crippen molar-refractivity contribution >= 4 is 40.7 Å². The van der Waals surface area contributed by atoms with Crippen molar-refractivity contribution in [1.82, 2.24) is 10.6 Å². The van der Waals surface area contributed by atoms with Crippen molar-refractivity contribution in [2.75, 3.05) is 11.9 Å². The maximum atomic E-state index is 12.6. The summed E-state index contributed by atoms with van der Waals surface area (Å²) in [5.41, 5.74) is 0.179.